The van der Waals surface area contributed by atoms with E-state index in [1.165, 1.54) is 11.8 Å². The Hall–Kier alpha value is -4.73. The minimum atomic E-state index is -0.237. The fourth-order valence-corrected chi connectivity index (χ4v) is 6.77. The fraction of sp³-hybridized carbons (Fsp3) is 0.121. The van der Waals surface area contributed by atoms with Crippen LogP contribution in [0, 0.1) is 0 Å². The topological polar surface area (TPSA) is 103 Å². The predicted octanol–water partition coefficient (Wildman–Crippen LogP) is 7.78. The van der Waals surface area contributed by atoms with Crippen molar-refractivity contribution in [2.75, 3.05) is 28.9 Å². The first-order valence-corrected chi connectivity index (χ1v) is 15.6. The number of amides is 2. The number of aromatic amines is 2. The zero-order chi connectivity index (χ0) is 29.2. The van der Waals surface area contributed by atoms with Crippen LogP contribution in [0.1, 0.15) is 32.5 Å². The number of ether oxygens (including phenoxy) is 1. The Morgan fingerprint density at radius 3 is 2.65 bits per heavy atom. The molecular weight excluding hydrogens is 582 g/mol. The quantitative estimate of drug-likeness (QED) is 0.179. The van der Waals surface area contributed by atoms with E-state index in [0.717, 1.165) is 49.5 Å². The maximum Gasteiger partial charge on any atom is 0.274 e. The molecule has 0 aliphatic carbocycles. The number of nitrogens with one attached hydrogen (secondary N) is 3. The molecule has 4 heterocycles. The van der Waals surface area contributed by atoms with Gasteiger partial charge in [0, 0.05) is 51.9 Å². The molecule has 43 heavy (non-hydrogen) atoms. The van der Waals surface area contributed by atoms with Crippen LogP contribution in [-0.4, -0.2) is 45.7 Å². The van der Waals surface area contributed by atoms with Crippen LogP contribution in [0.5, 0.6) is 5.75 Å². The number of carbonyl (C=O) groups is 2. The number of para-hydroxylation sites is 1. The Bertz CT molecular complexity index is 2130. The van der Waals surface area contributed by atoms with Crippen LogP contribution < -0.4 is 15.0 Å². The van der Waals surface area contributed by atoms with E-state index >= 15 is 0 Å². The van der Waals surface area contributed by atoms with Gasteiger partial charge in [-0.15, -0.1) is 11.6 Å². The lowest BCUT2D eigenvalue weighted by atomic mass is 9.94. The number of rotatable bonds is 4. The molecule has 2 amide bonds. The number of benzene rings is 4. The number of fused-ring (bicyclic) bond motifs is 4. The molecule has 0 fully saturated rings. The van der Waals surface area contributed by atoms with E-state index < -0.39 is 0 Å². The highest BCUT2D eigenvalue weighted by Crippen LogP contribution is 2.50. The Morgan fingerprint density at radius 2 is 1.81 bits per heavy atom. The lowest BCUT2D eigenvalue weighted by Crippen LogP contribution is -2.30. The van der Waals surface area contributed by atoms with Crippen LogP contribution in [0.25, 0.3) is 32.6 Å². The Labute approximate surface area is 255 Å². The Morgan fingerprint density at radius 1 is 1.00 bits per heavy atom. The van der Waals surface area contributed by atoms with E-state index in [0.29, 0.717) is 40.5 Å². The second-order valence-corrected chi connectivity index (χ2v) is 11.7. The van der Waals surface area contributed by atoms with Crippen molar-refractivity contribution in [1.82, 2.24) is 9.97 Å². The first kappa shape index (κ1) is 25.9. The van der Waals surface area contributed by atoms with Crippen molar-refractivity contribution >= 4 is 90.0 Å². The first-order chi connectivity index (χ1) is 21.0. The zero-order valence-electron chi connectivity index (χ0n) is 22.9. The highest BCUT2D eigenvalue weighted by molar-refractivity contribution is 8.13. The summed E-state index contributed by atoms with van der Waals surface area (Å²) in [6.07, 6.45) is 1.92. The summed E-state index contributed by atoms with van der Waals surface area (Å²) in [5.74, 6) is 0.628. The average molecular weight is 606 g/mol. The number of nitrogens with zero attached hydrogens (tertiary/aromatic N) is 2. The minimum Gasteiger partial charge on any atom is -0.433 e. The van der Waals surface area contributed by atoms with Crippen molar-refractivity contribution in [3.63, 3.8) is 0 Å². The second kappa shape index (κ2) is 9.93. The van der Waals surface area contributed by atoms with Crippen molar-refractivity contribution in [2.45, 2.75) is 5.92 Å². The number of hydrogen-bond acceptors (Lipinski definition) is 5. The van der Waals surface area contributed by atoms with Crippen molar-refractivity contribution < 1.29 is 14.3 Å². The molecule has 3 N–H and O–H groups in total. The first-order valence-electron chi connectivity index (χ1n) is 13.8. The van der Waals surface area contributed by atoms with Gasteiger partial charge in [0.1, 0.15) is 17.1 Å². The number of anilines is 2. The van der Waals surface area contributed by atoms with Gasteiger partial charge in [-0.25, -0.2) is 4.99 Å². The summed E-state index contributed by atoms with van der Waals surface area (Å²) in [5.41, 5.74) is 5.94. The number of carbonyl (C=O) groups excluding carboxylic acids is 2. The molecule has 2 aliphatic rings. The highest BCUT2D eigenvalue weighted by atomic mass is 35.5. The third-order valence-electron chi connectivity index (χ3n) is 8.12. The molecule has 6 aromatic rings. The third-order valence-corrected chi connectivity index (χ3v) is 9.02. The molecule has 1 atom stereocenters. The number of halogens is 1. The molecule has 0 bridgehead atoms. The van der Waals surface area contributed by atoms with E-state index in [4.69, 9.17) is 16.3 Å². The van der Waals surface area contributed by atoms with Crippen LogP contribution in [0.3, 0.4) is 0 Å². The number of hydrogen-bond donors (Lipinski definition) is 3. The van der Waals surface area contributed by atoms with Crippen LogP contribution >= 0.6 is 23.4 Å². The standard InChI is InChI=1S/C33H24ClN5O3S/c1-43-33-38-24-8-4-6-21-29-19(15-34)16-39(27(29)14-28(42-33)30(21)24)32(41)26-13-18-11-20(9-10-23(18)37-26)35-31(40)25-12-17-5-2-3-7-22(17)36-25/h2-14,19,36-37H,15-16H2,1H3,(H,35,40). The summed E-state index contributed by atoms with van der Waals surface area (Å²) in [6, 6.07) is 24.9. The molecule has 8 nitrogen and oxygen atoms in total. The van der Waals surface area contributed by atoms with Gasteiger partial charge < -0.3 is 24.9 Å². The molecule has 8 rings (SSSR count). The normalized spacial score (nSPS) is 15.5. The lowest BCUT2D eigenvalue weighted by Gasteiger charge is -2.21. The summed E-state index contributed by atoms with van der Waals surface area (Å²) >= 11 is 7.91. The summed E-state index contributed by atoms with van der Waals surface area (Å²) < 4.78 is 6.12. The Kier molecular flexibility index (Phi) is 5.99. The summed E-state index contributed by atoms with van der Waals surface area (Å²) in [5, 5.41) is 7.25. The second-order valence-electron chi connectivity index (χ2n) is 10.7. The van der Waals surface area contributed by atoms with Crippen molar-refractivity contribution in [3.05, 3.63) is 95.8 Å². The van der Waals surface area contributed by atoms with E-state index in [1.54, 1.807) is 4.90 Å². The molecule has 4 aromatic carbocycles. The number of aromatic nitrogens is 2. The fourth-order valence-electron chi connectivity index (χ4n) is 6.16. The van der Waals surface area contributed by atoms with Crippen LogP contribution in [0.2, 0.25) is 0 Å². The molecule has 1 unspecified atom stereocenters. The van der Waals surface area contributed by atoms with Gasteiger partial charge in [-0.1, -0.05) is 42.1 Å². The Balaban J connectivity index is 1.12. The van der Waals surface area contributed by atoms with Crippen LogP contribution in [-0.2, 0) is 0 Å². The number of aliphatic imine (C=N–C) groups is 1. The summed E-state index contributed by atoms with van der Waals surface area (Å²) in [6.45, 7) is 0.456. The van der Waals surface area contributed by atoms with Crippen LogP contribution in [0.4, 0.5) is 17.1 Å². The maximum absolute atomic E-state index is 14.0. The molecule has 0 saturated heterocycles. The van der Waals surface area contributed by atoms with Gasteiger partial charge >= 0.3 is 0 Å². The SMILES string of the molecule is CSC1=Nc2cccc3c4c(cc(c23)O1)N(C(=O)c1cc2cc(NC(=O)c3cc5ccccc5[nH]3)ccc2[nH]1)CC4CCl. The molecule has 10 heteroatoms. The van der Waals surface area contributed by atoms with Gasteiger partial charge in [-0.05, 0) is 59.7 Å². The summed E-state index contributed by atoms with van der Waals surface area (Å²) in [7, 11) is 0. The summed E-state index contributed by atoms with van der Waals surface area (Å²) in [4.78, 5) is 39.8. The van der Waals surface area contributed by atoms with Crippen molar-refractivity contribution in [3.8, 4) is 5.75 Å². The highest BCUT2D eigenvalue weighted by Gasteiger charge is 2.36. The van der Waals surface area contributed by atoms with Crippen molar-refractivity contribution in [2.24, 2.45) is 4.99 Å². The van der Waals surface area contributed by atoms with Gasteiger partial charge in [0.15, 0.2) is 0 Å². The molecule has 2 aromatic heterocycles. The zero-order valence-corrected chi connectivity index (χ0v) is 24.5. The van der Waals surface area contributed by atoms with Crippen molar-refractivity contribution in [1.29, 1.82) is 0 Å². The van der Waals surface area contributed by atoms with E-state index in [-0.39, 0.29) is 17.7 Å². The van der Waals surface area contributed by atoms with Gasteiger partial charge in [-0.3, -0.25) is 9.59 Å². The molecule has 212 valence electrons. The number of thioether (sulfide) groups is 1. The van der Waals surface area contributed by atoms with E-state index in [1.807, 2.05) is 85.1 Å². The number of alkyl halides is 1. The average Bonchev–Trinajstić information content (AvgIpc) is 3.75. The third kappa shape index (κ3) is 4.18. The molecule has 0 saturated carbocycles. The van der Waals surface area contributed by atoms with Gasteiger partial charge in [0.25, 0.3) is 17.0 Å². The molecule has 2 aliphatic heterocycles. The maximum atomic E-state index is 14.0. The minimum absolute atomic E-state index is 0.0355. The smallest absolute Gasteiger partial charge is 0.274 e. The molecule has 0 spiro atoms. The largest absolute Gasteiger partial charge is 0.433 e. The van der Waals surface area contributed by atoms with Gasteiger partial charge in [-0.2, -0.15) is 0 Å². The van der Waals surface area contributed by atoms with Crippen LogP contribution in [0.15, 0.2) is 83.9 Å². The van der Waals surface area contributed by atoms with Gasteiger partial charge in [0.05, 0.1) is 16.8 Å². The van der Waals surface area contributed by atoms with E-state index in [2.05, 4.69) is 20.3 Å². The lowest BCUT2D eigenvalue weighted by molar-refractivity contribution is 0.0983. The monoisotopic (exact) mass is 605 g/mol. The molecular formula is C33H24ClN5O3S. The predicted molar refractivity (Wildman–Crippen MR) is 175 cm³/mol. The van der Waals surface area contributed by atoms with E-state index in [9.17, 15) is 9.59 Å². The number of H-pyrrole nitrogens is 2. The van der Waals surface area contributed by atoms with Gasteiger partial charge in [0.2, 0.25) is 0 Å². The molecule has 0 radical (unpaired) electrons.